The van der Waals surface area contributed by atoms with E-state index in [-0.39, 0.29) is 11.1 Å². The molecule has 3 rings (SSSR count). The topological polar surface area (TPSA) is 65.3 Å². The summed E-state index contributed by atoms with van der Waals surface area (Å²) in [6.07, 6.45) is 0. The second kappa shape index (κ2) is 8.65. The fourth-order valence-corrected chi connectivity index (χ4v) is 4.22. The molecule has 0 radical (unpaired) electrons. The number of methoxy groups -OCH3 is 3. The Balaban J connectivity index is 1.98. The van der Waals surface area contributed by atoms with Crippen molar-refractivity contribution in [3.8, 4) is 17.2 Å². The first-order valence-electron chi connectivity index (χ1n) is 9.68. The highest BCUT2D eigenvalue weighted by molar-refractivity contribution is 7.15. The van der Waals surface area contributed by atoms with E-state index in [2.05, 4.69) is 25.7 Å². The standard InChI is InChI=1S/C22H29N3O4S/c1-14-13-30-21-23-16(9-20(26)25(14)21)12-24(22(2,3)4)11-15-8-18(28-6)19(29-7)10-17(15)27-5/h8-10,13H,11-12H2,1-7H3. The van der Waals surface area contributed by atoms with Crippen molar-refractivity contribution in [3.05, 3.63) is 50.9 Å². The Morgan fingerprint density at radius 3 is 2.23 bits per heavy atom. The van der Waals surface area contributed by atoms with Gasteiger partial charge < -0.3 is 14.2 Å². The monoisotopic (exact) mass is 431 g/mol. The quantitative estimate of drug-likeness (QED) is 0.565. The zero-order valence-electron chi connectivity index (χ0n) is 18.6. The number of fused-ring (bicyclic) bond motifs is 1. The zero-order chi connectivity index (χ0) is 22.1. The van der Waals surface area contributed by atoms with Crippen molar-refractivity contribution >= 4 is 16.3 Å². The van der Waals surface area contributed by atoms with Crippen molar-refractivity contribution in [1.82, 2.24) is 14.3 Å². The Bertz CT molecular complexity index is 1100. The number of rotatable bonds is 7. The van der Waals surface area contributed by atoms with Crippen molar-refractivity contribution in [2.75, 3.05) is 21.3 Å². The zero-order valence-corrected chi connectivity index (χ0v) is 19.4. The van der Waals surface area contributed by atoms with Gasteiger partial charge in [-0.25, -0.2) is 4.98 Å². The highest BCUT2D eigenvalue weighted by Gasteiger charge is 2.25. The Labute approximate surface area is 180 Å². The van der Waals surface area contributed by atoms with Gasteiger partial charge in [-0.15, -0.1) is 11.3 Å². The molecule has 0 unspecified atom stereocenters. The number of aromatic nitrogens is 2. The third-order valence-electron chi connectivity index (χ3n) is 5.08. The molecule has 7 nitrogen and oxygen atoms in total. The first kappa shape index (κ1) is 22.1. The van der Waals surface area contributed by atoms with E-state index in [1.807, 2.05) is 24.4 Å². The summed E-state index contributed by atoms with van der Waals surface area (Å²) < 4.78 is 18.1. The van der Waals surface area contributed by atoms with Crippen LogP contribution in [0.15, 0.2) is 28.4 Å². The minimum atomic E-state index is -0.170. The molecule has 3 aromatic rings. The summed E-state index contributed by atoms with van der Waals surface area (Å²) >= 11 is 1.48. The van der Waals surface area contributed by atoms with Gasteiger partial charge >= 0.3 is 0 Å². The van der Waals surface area contributed by atoms with Gasteiger partial charge in [-0.2, -0.15) is 0 Å². The molecule has 0 bridgehead atoms. The molecule has 0 N–H and O–H groups in total. The lowest BCUT2D eigenvalue weighted by atomic mass is 10.0. The Morgan fingerprint density at radius 2 is 1.63 bits per heavy atom. The molecule has 0 aliphatic rings. The van der Waals surface area contributed by atoms with Gasteiger partial charge in [0, 0.05) is 47.4 Å². The van der Waals surface area contributed by atoms with E-state index in [0.717, 1.165) is 22.7 Å². The predicted molar refractivity (Wildman–Crippen MR) is 119 cm³/mol. The number of aryl methyl sites for hydroxylation is 1. The molecule has 1 aromatic carbocycles. The third-order valence-corrected chi connectivity index (χ3v) is 6.02. The van der Waals surface area contributed by atoms with Crippen LogP contribution in [0, 0.1) is 6.92 Å². The van der Waals surface area contributed by atoms with Crippen LogP contribution in [0.3, 0.4) is 0 Å². The van der Waals surface area contributed by atoms with Crippen LogP contribution < -0.4 is 19.8 Å². The largest absolute Gasteiger partial charge is 0.496 e. The van der Waals surface area contributed by atoms with Crippen LogP contribution in [-0.2, 0) is 13.1 Å². The normalized spacial score (nSPS) is 11.9. The highest BCUT2D eigenvalue weighted by Crippen LogP contribution is 2.36. The number of nitrogens with zero attached hydrogens (tertiary/aromatic N) is 3. The summed E-state index contributed by atoms with van der Waals surface area (Å²) in [6.45, 7) is 9.46. The second-order valence-corrected chi connectivity index (χ2v) is 8.96. The predicted octanol–water partition coefficient (Wildman–Crippen LogP) is 3.89. The van der Waals surface area contributed by atoms with Crippen LogP contribution in [-0.4, -0.2) is 41.2 Å². The molecule has 0 aliphatic heterocycles. The number of benzene rings is 1. The molecule has 0 amide bonds. The molecule has 0 spiro atoms. The van der Waals surface area contributed by atoms with Crippen LogP contribution in [0.5, 0.6) is 17.2 Å². The maximum Gasteiger partial charge on any atom is 0.259 e. The van der Waals surface area contributed by atoms with Gasteiger partial charge in [-0.1, -0.05) is 0 Å². The number of ether oxygens (including phenoxy) is 3. The molecule has 30 heavy (non-hydrogen) atoms. The van der Waals surface area contributed by atoms with E-state index in [1.165, 1.54) is 11.3 Å². The van der Waals surface area contributed by atoms with Gasteiger partial charge in [0.2, 0.25) is 0 Å². The van der Waals surface area contributed by atoms with Gasteiger partial charge in [0.1, 0.15) is 5.75 Å². The number of thiazole rings is 1. The van der Waals surface area contributed by atoms with Crippen molar-refractivity contribution in [2.45, 2.75) is 46.3 Å². The summed E-state index contributed by atoms with van der Waals surface area (Å²) in [5, 5.41) is 1.95. The molecular formula is C22H29N3O4S. The minimum absolute atomic E-state index is 0.0497. The SMILES string of the molecule is COc1cc(OC)c(OC)cc1CN(Cc1cc(=O)n2c(C)csc2n1)C(C)(C)C. The van der Waals surface area contributed by atoms with Crippen LogP contribution in [0.4, 0.5) is 0 Å². The van der Waals surface area contributed by atoms with Crippen molar-refractivity contribution in [1.29, 1.82) is 0 Å². The second-order valence-electron chi connectivity index (χ2n) is 8.13. The van der Waals surface area contributed by atoms with E-state index in [1.54, 1.807) is 31.8 Å². The molecule has 0 saturated carbocycles. The molecule has 0 aliphatic carbocycles. The maximum absolute atomic E-state index is 12.6. The number of hydrogen-bond donors (Lipinski definition) is 0. The summed E-state index contributed by atoms with van der Waals surface area (Å²) in [6, 6.07) is 5.39. The van der Waals surface area contributed by atoms with Crippen LogP contribution >= 0.6 is 11.3 Å². The maximum atomic E-state index is 12.6. The molecule has 8 heteroatoms. The van der Waals surface area contributed by atoms with Gasteiger partial charge in [0.15, 0.2) is 16.5 Å². The lowest BCUT2D eigenvalue weighted by molar-refractivity contribution is 0.115. The highest BCUT2D eigenvalue weighted by atomic mass is 32.1. The lowest BCUT2D eigenvalue weighted by Crippen LogP contribution is -2.40. The van der Waals surface area contributed by atoms with Gasteiger partial charge in [0.25, 0.3) is 5.56 Å². The van der Waals surface area contributed by atoms with Crippen LogP contribution in [0.25, 0.3) is 4.96 Å². The molecule has 162 valence electrons. The van der Waals surface area contributed by atoms with Gasteiger partial charge in [0.05, 0.1) is 27.0 Å². The van der Waals surface area contributed by atoms with E-state index in [4.69, 9.17) is 19.2 Å². The molecule has 0 atom stereocenters. The minimum Gasteiger partial charge on any atom is -0.496 e. The smallest absolute Gasteiger partial charge is 0.259 e. The average molecular weight is 432 g/mol. The molecule has 0 fully saturated rings. The van der Waals surface area contributed by atoms with Crippen molar-refractivity contribution in [3.63, 3.8) is 0 Å². The number of hydrogen-bond acceptors (Lipinski definition) is 7. The van der Waals surface area contributed by atoms with E-state index in [0.29, 0.717) is 29.5 Å². The fraction of sp³-hybridized carbons (Fsp3) is 0.455. The summed E-state index contributed by atoms with van der Waals surface area (Å²) in [5.41, 5.74) is 2.40. The summed E-state index contributed by atoms with van der Waals surface area (Å²) in [7, 11) is 4.86. The van der Waals surface area contributed by atoms with Crippen LogP contribution in [0.2, 0.25) is 0 Å². The first-order chi connectivity index (χ1) is 14.2. The Hall–Kier alpha value is -2.58. The lowest BCUT2D eigenvalue weighted by Gasteiger charge is -2.36. The van der Waals surface area contributed by atoms with Gasteiger partial charge in [-0.05, 0) is 33.8 Å². The van der Waals surface area contributed by atoms with Crippen LogP contribution in [0.1, 0.15) is 37.7 Å². The molecule has 0 saturated heterocycles. The Kier molecular flexibility index (Phi) is 6.38. The third kappa shape index (κ3) is 4.44. The van der Waals surface area contributed by atoms with E-state index < -0.39 is 0 Å². The van der Waals surface area contributed by atoms with Crippen molar-refractivity contribution in [2.24, 2.45) is 0 Å². The van der Waals surface area contributed by atoms with Gasteiger partial charge in [-0.3, -0.25) is 14.1 Å². The first-order valence-corrected chi connectivity index (χ1v) is 10.6. The fourth-order valence-electron chi connectivity index (χ4n) is 3.33. The van der Waals surface area contributed by atoms with Crippen molar-refractivity contribution < 1.29 is 14.2 Å². The summed E-state index contributed by atoms with van der Waals surface area (Å²) in [5.74, 6) is 1.99. The summed E-state index contributed by atoms with van der Waals surface area (Å²) in [4.78, 5) is 20.3. The molecule has 2 aromatic heterocycles. The molecular weight excluding hydrogens is 402 g/mol. The molecule has 2 heterocycles. The average Bonchev–Trinajstić information content (AvgIpc) is 3.07. The Morgan fingerprint density at radius 1 is 1.00 bits per heavy atom. The van der Waals surface area contributed by atoms with E-state index in [9.17, 15) is 4.79 Å². The van der Waals surface area contributed by atoms with E-state index >= 15 is 0 Å².